The average molecular weight is 716 g/mol. The van der Waals surface area contributed by atoms with Crippen LogP contribution in [0.4, 0.5) is 8.78 Å². The quantitative estimate of drug-likeness (QED) is 0.111. The summed E-state index contributed by atoms with van der Waals surface area (Å²) in [6, 6.07) is 16.1. The largest absolute Gasteiger partial charge is 0.508 e. The highest BCUT2D eigenvalue weighted by molar-refractivity contribution is 7.92. The van der Waals surface area contributed by atoms with Gasteiger partial charge in [-0.25, -0.2) is 17.2 Å². The number of aryl methyl sites for hydroxylation is 1. The van der Waals surface area contributed by atoms with Gasteiger partial charge < -0.3 is 26.0 Å². The molecule has 0 heterocycles. The van der Waals surface area contributed by atoms with E-state index in [4.69, 9.17) is 10.5 Å². The van der Waals surface area contributed by atoms with Crippen molar-refractivity contribution in [2.45, 2.75) is 101 Å². The Morgan fingerprint density at radius 2 is 1.64 bits per heavy atom. The first kappa shape index (κ1) is 39.4. The zero-order chi connectivity index (χ0) is 36.5. The molecule has 5 N–H and O–H groups in total. The van der Waals surface area contributed by atoms with Crippen molar-refractivity contribution in [3.63, 3.8) is 0 Å². The van der Waals surface area contributed by atoms with Gasteiger partial charge >= 0.3 is 0 Å². The van der Waals surface area contributed by atoms with Crippen LogP contribution in [0, 0.1) is 11.6 Å². The number of benzene rings is 3. The number of halogens is 2. The number of amides is 1. The lowest BCUT2D eigenvalue weighted by Gasteiger charge is -2.36. The van der Waals surface area contributed by atoms with Gasteiger partial charge in [-0.3, -0.25) is 9.69 Å². The molecule has 3 aromatic carbocycles. The maximum absolute atomic E-state index is 13.9. The molecule has 0 aromatic heterocycles. The van der Waals surface area contributed by atoms with Gasteiger partial charge in [-0.15, -0.1) is 0 Å². The van der Waals surface area contributed by atoms with Crippen LogP contribution in [0.3, 0.4) is 0 Å². The standard InChI is InChI=1S/C38H51F2N3O6S/c1-4-9-33(10-5-2)50(47,48)24-36(42-37(46)28-12-8-14-32(44)21-28)49-25-43(38(15-16-38)29-13-7-11-26(6-3)17-29)23-35(45)34(41)20-27-18-30(39)22-31(40)19-27/h7-8,11-14,17-19,21-22,33-36,44-45H,4-6,9-10,15-16,20,23-25,41H2,1-3H3,(H,42,46)/t34-,35+,36-/m0/s1. The number of aliphatic hydroxyl groups excluding tert-OH is 1. The van der Waals surface area contributed by atoms with Crippen LogP contribution in [-0.4, -0.2) is 72.1 Å². The number of sulfone groups is 1. The number of hydrogen-bond acceptors (Lipinski definition) is 8. The summed E-state index contributed by atoms with van der Waals surface area (Å²) in [7, 11) is -3.73. The number of nitrogens with zero attached hydrogens (tertiary/aromatic N) is 1. The van der Waals surface area contributed by atoms with Gasteiger partial charge in [0.15, 0.2) is 9.84 Å². The van der Waals surface area contributed by atoms with E-state index in [0.29, 0.717) is 31.2 Å². The Kier molecular flexibility index (Phi) is 13.9. The highest BCUT2D eigenvalue weighted by atomic mass is 32.2. The van der Waals surface area contributed by atoms with Crippen molar-refractivity contribution in [2.24, 2.45) is 5.73 Å². The second kappa shape index (κ2) is 17.7. The second-order valence-electron chi connectivity index (χ2n) is 13.4. The van der Waals surface area contributed by atoms with Crippen molar-refractivity contribution in [1.29, 1.82) is 0 Å². The van der Waals surface area contributed by atoms with Crippen LogP contribution < -0.4 is 11.1 Å². The number of ether oxygens (including phenoxy) is 1. The highest BCUT2D eigenvalue weighted by Crippen LogP contribution is 2.51. The monoisotopic (exact) mass is 715 g/mol. The molecule has 1 aliphatic rings. The molecule has 274 valence electrons. The topological polar surface area (TPSA) is 142 Å². The number of carbonyl (C=O) groups excluding carboxylic acids is 1. The smallest absolute Gasteiger partial charge is 0.253 e. The number of rotatable bonds is 20. The number of carbonyl (C=O) groups is 1. The highest BCUT2D eigenvalue weighted by Gasteiger charge is 2.50. The Bertz CT molecular complexity index is 1660. The van der Waals surface area contributed by atoms with Crippen LogP contribution in [0.5, 0.6) is 5.75 Å². The first-order chi connectivity index (χ1) is 23.8. The SMILES string of the molecule is CCCC(CCC)S(=O)(=O)C[C@@H](NC(=O)c1cccc(O)c1)OCN(C[C@@H](O)[C@@H](N)Cc1cc(F)cc(F)c1)C1(c2cccc(CC)c2)CC1. The Balaban J connectivity index is 1.63. The fraction of sp³-hybridized carbons (Fsp3) is 0.500. The van der Waals surface area contributed by atoms with Gasteiger partial charge in [0.25, 0.3) is 5.91 Å². The molecule has 0 saturated heterocycles. The molecule has 1 fully saturated rings. The van der Waals surface area contributed by atoms with Crippen LogP contribution in [0.1, 0.15) is 86.3 Å². The number of nitrogens with one attached hydrogen (secondary N) is 1. The summed E-state index contributed by atoms with van der Waals surface area (Å²) < 4.78 is 61.6. The van der Waals surface area contributed by atoms with E-state index in [2.05, 4.69) is 18.3 Å². The fourth-order valence-corrected chi connectivity index (χ4v) is 8.58. The molecule has 1 saturated carbocycles. The Labute approximate surface area is 294 Å². The first-order valence-corrected chi connectivity index (χ1v) is 19.2. The van der Waals surface area contributed by atoms with Crippen molar-refractivity contribution in [1.82, 2.24) is 10.2 Å². The molecule has 0 spiro atoms. The Morgan fingerprint density at radius 3 is 2.24 bits per heavy atom. The molecule has 3 aromatic rings. The van der Waals surface area contributed by atoms with E-state index in [1.54, 1.807) is 0 Å². The van der Waals surface area contributed by atoms with E-state index in [1.165, 1.54) is 36.4 Å². The predicted octanol–water partition coefficient (Wildman–Crippen LogP) is 5.57. The van der Waals surface area contributed by atoms with Gasteiger partial charge in [0, 0.05) is 29.8 Å². The molecular formula is C38H51F2N3O6S. The minimum Gasteiger partial charge on any atom is -0.508 e. The van der Waals surface area contributed by atoms with Gasteiger partial charge in [0.2, 0.25) is 0 Å². The number of nitrogens with two attached hydrogens (primary N) is 1. The van der Waals surface area contributed by atoms with E-state index < -0.39 is 62.3 Å². The molecule has 12 heteroatoms. The third kappa shape index (κ3) is 10.6. The maximum Gasteiger partial charge on any atom is 0.253 e. The van der Waals surface area contributed by atoms with Gasteiger partial charge in [-0.05, 0) is 85.5 Å². The normalized spacial score (nSPS) is 15.9. The summed E-state index contributed by atoms with van der Waals surface area (Å²) >= 11 is 0. The molecule has 0 unspecified atom stereocenters. The van der Waals surface area contributed by atoms with E-state index in [9.17, 15) is 32.2 Å². The Morgan fingerprint density at radius 1 is 0.980 bits per heavy atom. The number of phenolic OH excluding ortho intramolecular Hbond substituents is 1. The van der Waals surface area contributed by atoms with Crippen molar-refractivity contribution >= 4 is 15.7 Å². The van der Waals surface area contributed by atoms with Gasteiger partial charge in [0.05, 0.1) is 17.1 Å². The van der Waals surface area contributed by atoms with Gasteiger partial charge in [-0.2, -0.15) is 0 Å². The predicted molar refractivity (Wildman–Crippen MR) is 190 cm³/mol. The molecular weight excluding hydrogens is 664 g/mol. The van der Waals surface area contributed by atoms with E-state index in [1.807, 2.05) is 36.9 Å². The molecule has 1 aliphatic carbocycles. The van der Waals surface area contributed by atoms with Gasteiger partial charge in [0.1, 0.15) is 30.3 Å². The number of aromatic hydroxyl groups is 1. The van der Waals surface area contributed by atoms with Crippen LogP contribution in [0.25, 0.3) is 0 Å². The lowest BCUT2D eigenvalue weighted by molar-refractivity contribution is -0.0645. The van der Waals surface area contributed by atoms with E-state index in [0.717, 1.165) is 36.5 Å². The summed E-state index contributed by atoms with van der Waals surface area (Å²) in [5.41, 5.74) is 8.42. The van der Waals surface area contributed by atoms with Crippen molar-refractivity contribution in [2.75, 3.05) is 19.0 Å². The Hall–Kier alpha value is -3.42. The summed E-state index contributed by atoms with van der Waals surface area (Å²) in [5, 5.41) is 23.5. The summed E-state index contributed by atoms with van der Waals surface area (Å²) in [6.07, 6.45) is 2.19. The molecule has 50 heavy (non-hydrogen) atoms. The minimum atomic E-state index is -3.73. The first-order valence-electron chi connectivity index (χ1n) is 17.5. The van der Waals surface area contributed by atoms with Crippen molar-refractivity contribution < 1.29 is 36.9 Å². The number of hydrogen-bond donors (Lipinski definition) is 4. The van der Waals surface area contributed by atoms with Crippen molar-refractivity contribution in [3.8, 4) is 5.75 Å². The summed E-state index contributed by atoms with van der Waals surface area (Å²) in [6.45, 7) is 5.75. The zero-order valence-electron chi connectivity index (χ0n) is 29.2. The number of phenols is 1. The van der Waals surface area contributed by atoms with Crippen molar-refractivity contribution in [3.05, 3.63) is 101 Å². The fourth-order valence-electron chi connectivity index (χ4n) is 6.52. The van der Waals surface area contributed by atoms with Gasteiger partial charge in [-0.1, -0.05) is 63.9 Å². The molecule has 9 nitrogen and oxygen atoms in total. The average Bonchev–Trinajstić information content (AvgIpc) is 3.88. The molecule has 0 aliphatic heterocycles. The summed E-state index contributed by atoms with van der Waals surface area (Å²) in [5.74, 6) is -2.68. The minimum absolute atomic E-state index is 0.00356. The molecule has 0 bridgehead atoms. The number of aliphatic hydroxyl groups is 1. The van der Waals surface area contributed by atoms with E-state index in [-0.39, 0.29) is 31.0 Å². The third-order valence-corrected chi connectivity index (χ3v) is 11.7. The summed E-state index contributed by atoms with van der Waals surface area (Å²) in [4.78, 5) is 15.2. The lowest BCUT2D eigenvalue weighted by atomic mass is 9.97. The zero-order valence-corrected chi connectivity index (χ0v) is 30.0. The maximum atomic E-state index is 13.9. The lowest BCUT2D eigenvalue weighted by Crippen LogP contribution is -2.51. The van der Waals surface area contributed by atoms with E-state index >= 15 is 0 Å². The van der Waals surface area contributed by atoms with Crippen LogP contribution in [0.2, 0.25) is 0 Å². The second-order valence-corrected chi connectivity index (χ2v) is 15.7. The van der Waals surface area contributed by atoms with Crippen LogP contribution in [-0.2, 0) is 33.0 Å². The third-order valence-electron chi connectivity index (χ3n) is 9.44. The molecule has 4 rings (SSSR count). The molecule has 0 radical (unpaired) electrons. The van der Waals surface area contributed by atoms with Crippen LogP contribution >= 0.6 is 0 Å². The molecule has 3 atom stereocenters. The molecule has 1 amide bonds. The van der Waals surface area contributed by atoms with Crippen LogP contribution in [0.15, 0.2) is 66.7 Å².